The number of hydrogen-bond acceptors (Lipinski definition) is 4. The summed E-state index contributed by atoms with van der Waals surface area (Å²) in [7, 11) is -4.08. The van der Waals surface area contributed by atoms with Gasteiger partial charge in [-0.25, -0.2) is 0 Å². The average Bonchev–Trinajstić information content (AvgIpc) is 2.44. The van der Waals surface area contributed by atoms with E-state index in [0.717, 1.165) is 16.7 Å². The zero-order chi connectivity index (χ0) is 18.5. The van der Waals surface area contributed by atoms with Crippen molar-refractivity contribution in [1.29, 1.82) is 0 Å². The fourth-order valence-electron chi connectivity index (χ4n) is 2.36. The van der Waals surface area contributed by atoms with Gasteiger partial charge in [0.05, 0.1) is 12.8 Å². The summed E-state index contributed by atoms with van der Waals surface area (Å²) in [5.74, 6) is -0.473. The maximum Gasteiger partial charge on any atom is 0.325 e. The van der Waals surface area contributed by atoms with Gasteiger partial charge in [-0.3, -0.25) is 9.36 Å². The van der Waals surface area contributed by atoms with E-state index in [1.807, 2.05) is 18.2 Å². The Morgan fingerprint density at radius 2 is 1.92 bits per heavy atom. The summed E-state index contributed by atoms with van der Waals surface area (Å²) in [6.45, 7) is 8.21. The molecule has 0 fully saturated rings. The maximum atomic E-state index is 11.8. The summed E-state index contributed by atoms with van der Waals surface area (Å²) in [6.07, 6.45) is 0.280. The Morgan fingerprint density at radius 1 is 1.29 bits per heavy atom. The van der Waals surface area contributed by atoms with Gasteiger partial charge < -0.3 is 20.3 Å². The van der Waals surface area contributed by atoms with E-state index in [1.165, 1.54) is 0 Å². The van der Waals surface area contributed by atoms with Crippen LogP contribution in [0.1, 0.15) is 44.4 Å². The smallest absolute Gasteiger partial charge is 0.325 e. The second-order valence-electron chi connectivity index (χ2n) is 6.93. The van der Waals surface area contributed by atoms with E-state index in [2.05, 4.69) is 20.8 Å². The highest BCUT2D eigenvalue weighted by atomic mass is 31.2. The van der Waals surface area contributed by atoms with Crippen LogP contribution in [0, 0.1) is 0 Å². The van der Waals surface area contributed by atoms with Crippen molar-refractivity contribution >= 4 is 13.6 Å². The highest BCUT2D eigenvalue weighted by molar-refractivity contribution is 7.51. The first-order valence-corrected chi connectivity index (χ1v) is 9.83. The fourth-order valence-corrected chi connectivity index (χ4v) is 2.89. The summed E-state index contributed by atoms with van der Waals surface area (Å²) >= 11 is 0. The van der Waals surface area contributed by atoms with E-state index >= 15 is 0 Å². The van der Waals surface area contributed by atoms with Gasteiger partial charge in [-0.1, -0.05) is 39.0 Å². The zero-order valence-electron chi connectivity index (χ0n) is 14.8. The molecule has 0 saturated carbocycles. The molecule has 1 aromatic rings. The van der Waals surface area contributed by atoms with Crippen molar-refractivity contribution < 1.29 is 23.9 Å². The van der Waals surface area contributed by atoms with Gasteiger partial charge in [0.2, 0.25) is 0 Å². The van der Waals surface area contributed by atoms with Gasteiger partial charge in [0, 0.05) is 0 Å². The van der Waals surface area contributed by atoms with E-state index in [9.17, 15) is 9.36 Å². The highest BCUT2D eigenvalue weighted by Gasteiger charge is 2.21. The molecule has 1 unspecified atom stereocenters. The summed E-state index contributed by atoms with van der Waals surface area (Å²) in [5, 5.41) is 0. The lowest BCUT2D eigenvalue weighted by atomic mass is 9.84. The molecule has 0 bridgehead atoms. The Morgan fingerprint density at radius 3 is 2.42 bits per heavy atom. The monoisotopic (exact) mass is 357 g/mol. The van der Waals surface area contributed by atoms with E-state index in [1.54, 1.807) is 6.92 Å². The molecule has 1 atom stereocenters. The summed E-state index contributed by atoms with van der Waals surface area (Å²) < 4.78 is 16.1. The van der Waals surface area contributed by atoms with Crippen LogP contribution in [0.4, 0.5) is 0 Å². The number of ether oxygens (including phenoxy) is 1. The third-order valence-corrected chi connectivity index (χ3v) is 4.58. The number of hydrogen-bond donors (Lipinski definition) is 3. The first-order chi connectivity index (χ1) is 10.9. The van der Waals surface area contributed by atoms with Crippen LogP contribution in [0.3, 0.4) is 0 Å². The van der Waals surface area contributed by atoms with Gasteiger partial charge >= 0.3 is 13.6 Å². The lowest BCUT2D eigenvalue weighted by Gasteiger charge is -2.22. The van der Waals surface area contributed by atoms with Crippen molar-refractivity contribution in [3.8, 4) is 0 Å². The van der Waals surface area contributed by atoms with Crippen LogP contribution < -0.4 is 5.73 Å². The molecule has 7 heteroatoms. The van der Waals surface area contributed by atoms with Crippen LogP contribution in [0.15, 0.2) is 18.2 Å². The third kappa shape index (κ3) is 6.73. The Balaban J connectivity index is 3.10. The number of esters is 1. The standard InChI is InChI=1S/C17H28NO5P/c1-5-23-16(19)15(18)11-13-10-14(17(2,3)4)7-6-12(13)8-9-24(20,21)22/h6-7,10,15H,5,8-9,11,18H2,1-4H3,(H2,20,21,22). The number of aryl methyl sites for hydroxylation is 1. The summed E-state index contributed by atoms with van der Waals surface area (Å²) in [6, 6.07) is 4.99. The van der Waals surface area contributed by atoms with E-state index in [-0.39, 0.29) is 31.0 Å². The molecule has 6 nitrogen and oxygen atoms in total. The van der Waals surface area contributed by atoms with Crippen molar-refractivity contribution in [2.75, 3.05) is 12.8 Å². The molecular weight excluding hydrogens is 329 g/mol. The van der Waals surface area contributed by atoms with Crippen LogP contribution in [0.2, 0.25) is 0 Å². The molecule has 136 valence electrons. The van der Waals surface area contributed by atoms with Gasteiger partial charge in [0.15, 0.2) is 0 Å². The minimum atomic E-state index is -4.08. The minimum Gasteiger partial charge on any atom is -0.465 e. The fraction of sp³-hybridized carbons (Fsp3) is 0.588. The van der Waals surface area contributed by atoms with Crippen molar-refractivity contribution in [3.05, 3.63) is 34.9 Å². The Bertz CT molecular complexity index is 618. The Labute approximate surface area is 143 Å². The molecule has 4 N–H and O–H groups in total. The van der Waals surface area contributed by atoms with E-state index in [0.29, 0.717) is 0 Å². The number of benzene rings is 1. The van der Waals surface area contributed by atoms with Gasteiger partial charge in [0.25, 0.3) is 0 Å². The number of carbonyl (C=O) groups is 1. The molecule has 1 aromatic carbocycles. The molecule has 0 aliphatic rings. The zero-order valence-corrected chi connectivity index (χ0v) is 15.7. The van der Waals surface area contributed by atoms with Crippen LogP contribution >= 0.6 is 7.60 Å². The molecule has 0 aromatic heterocycles. The first kappa shape index (κ1) is 20.8. The quantitative estimate of drug-likeness (QED) is 0.509. The number of carbonyl (C=O) groups excluding carboxylic acids is 1. The number of nitrogens with two attached hydrogens (primary N) is 1. The predicted molar refractivity (Wildman–Crippen MR) is 94.1 cm³/mol. The Kier molecular flexibility index (Phi) is 7.17. The van der Waals surface area contributed by atoms with Crippen molar-refractivity contribution in [2.45, 2.75) is 52.0 Å². The van der Waals surface area contributed by atoms with Gasteiger partial charge in [0.1, 0.15) is 6.04 Å². The topological polar surface area (TPSA) is 110 Å². The van der Waals surface area contributed by atoms with Crippen molar-refractivity contribution in [3.63, 3.8) is 0 Å². The summed E-state index contributed by atoms with van der Waals surface area (Å²) in [5.41, 5.74) is 8.54. The van der Waals surface area contributed by atoms with Crippen LogP contribution in [0.5, 0.6) is 0 Å². The Hall–Kier alpha value is -1.20. The average molecular weight is 357 g/mol. The first-order valence-electron chi connectivity index (χ1n) is 8.03. The number of rotatable bonds is 7. The van der Waals surface area contributed by atoms with Crippen LogP contribution in [-0.2, 0) is 32.4 Å². The molecule has 0 heterocycles. The molecule has 1 rings (SSSR count). The van der Waals surface area contributed by atoms with Gasteiger partial charge in [-0.15, -0.1) is 0 Å². The SMILES string of the molecule is CCOC(=O)C(N)Cc1cc(C(C)(C)C)ccc1CCP(=O)(O)O. The molecule has 0 saturated heterocycles. The van der Waals surface area contributed by atoms with E-state index in [4.69, 9.17) is 20.3 Å². The van der Waals surface area contributed by atoms with Crippen molar-refractivity contribution in [1.82, 2.24) is 0 Å². The molecule has 0 amide bonds. The van der Waals surface area contributed by atoms with Crippen molar-refractivity contribution in [2.24, 2.45) is 5.73 Å². The summed E-state index contributed by atoms with van der Waals surface area (Å²) in [4.78, 5) is 30.0. The lowest BCUT2D eigenvalue weighted by Crippen LogP contribution is -2.34. The lowest BCUT2D eigenvalue weighted by molar-refractivity contribution is -0.144. The molecule has 0 aliphatic heterocycles. The second kappa shape index (κ2) is 8.26. The highest BCUT2D eigenvalue weighted by Crippen LogP contribution is 2.35. The van der Waals surface area contributed by atoms with E-state index < -0.39 is 19.6 Å². The predicted octanol–water partition coefficient (Wildman–Crippen LogP) is 2.14. The molecule has 0 radical (unpaired) electrons. The van der Waals surface area contributed by atoms with Crippen LogP contribution in [0.25, 0.3) is 0 Å². The normalized spacial score (nSPS) is 13.6. The maximum absolute atomic E-state index is 11.8. The molecule has 24 heavy (non-hydrogen) atoms. The van der Waals surface area contributed by atoms with Gasteiger partial charge in [-0.05, 0) is 41.9 Å². The molecule has 0 aliphatic carbocycles. The minimum absolute atomic E-state index is 0.0788. The molecule has 0 spiro atoms. The largest absolute Gasteiger partial charge is 0.465 e. The second-order valence-corrected chi connectivity index (χ2v) is 8.71. The van der Waals surface area contributed by atoms with Crippen LogP contribution in [-0.4, -0.2) is 34.6 Å². The molecular formula is C17H28NO5P. The van der Waals surface area contributed by atoms with Gasteiger partial charge in [-0.2, -0.15) is 0 Å². The third-order valence-electron chi connectivity index (χ3n) is 3.77.